The Morgan fingerprint density at radius 2 is 2.06 bits per heavy atom. The van der Waals surface area contributed by atoms with Gasteiger partial charge in [-0.25, -0.2) is 20.8 Å². The lowest BCUT2D eigenvalue weighted by Gasteiger charge is -2.27. The van der Waals surface area contributed by atoms with Crippen molar-refractivity contribution in [3.05, 3.63) is 16.4 Å². The molecule has 0 unspecified atom stereocenters. The van der Waals surface area contributed by atoms with E-state index >= 15 is 0 Å². The van der Waals surface area contributed by atoms with Crippen molar-refractivity contribution in [1.29, 1.82) is 0 Å². The predicted octanol–water partition coefficient (Wildman–Crippen LogP) is -0.670. The highest BCUT2D eigenvalue weighted by Gasteiger charge is 2.24. The van der Waals surface area contributed by atoms with Crippen molar-refractivity contribution in [2.45, 2.75) is 0 Å². The lowest BCUT2D eigenvalue weighted by molar-refractivity contribution is -0.383. The van der Waals surface area contributed by atoms with Gasteiger partial charge in [0.2, 0.25) is 11.6 Å². The summed E-state index contributed by atoms with van der Waals surface area (Å²) in [7, 11) is 0. The number of nitrogen functional groups attached to an aromatic ring is 1. The normalized spacial score (nSPS) is 16.3. The molecule has 0 aliphatic carbocycles. The summed E-state index contributed by atoms with van der Waals surface area (Å²) in [5.74, 6) is 5.25. The summed E-state index contributed by atoms with van der Waals surface area (Å²) < 4.78 is 5.18. The molecule has 4 N–H and O–H groups in total. The lowest BCUT2D eigenvalue weighted by atomic mass is 10.4. The average molecular weight is 255 g/mol. The number of hydrogen-bond acceptors (Lipinski definition) is 9. The van der Waals surface area contributed by atoms with Crippen molar-refractivity contribution < 1.29 is 9.66 Å². The number of rotatable bonds is 4. The Labute approximate surface area is 102 Å². The van der Waals surface area contributed by atoms with Gasteiger partial charge in [0.25, 0.3) is 0 Å². The summed E-state index contributed by atoms with van der Waals surface area (Å²) in [5.41, 5.74) is 4.76. The molecule has 2 rings (SSSR count). The maximum Gasteiger partial charge on any atom is 0.355 e. The van der Waals surface area contributed by atoms with Crippen LogP contribution in [-0.4, -0.2) is 46.2 Å². The molecule has 0 bridgehead atoms. The van der Waals surface area contributed by atoms with E-state index in [9.17, 15) is 10.1 Å². The highest BCUT2D eigenvalue weighted by molar-refractivity contribution is 5.68. The maximum atomic E-state index is 11.0. The third kappa shape index (κ3) is 2.61. The van der Waals surface area contributed by atoms with Crippen LogP contribution in [0.3, 0.4) is 0 Å². The number of nitro groups is 1. The van der Waals surface area contributed by atoms with Crippen LogP contribution in [0.25, 0.3) is 0 Å². The summed E-state index contributed by atoms with van der Waals surface area (Å²) in [4.78, 5) is 18.0. The van der Waals surface area contributed by atoms with Crippen molar-refractivity contribution in [2.75, 3.05) is 37.2 Å². The largest absolute Gasteiger partial charge is 0.379 e. The zero-order valence-corrected chi connectivity index (χ0v) is 9.50. The van der Waals surface area contributed by atoms with Gasteiger partial charge in [0.05, 0.1) is 18.1 Å². The van der Waals surface area contributed by atoms with Crippen molar-refractivity contribution in [2.24, 2.45) is 5.84 Å². The van der Waals surface area contributed by atoms with Crippen molar-refractivity contribution in [3.8, 4) is 0 Å². The Morgan fingerprint density at radius 1 is 1.39 bits per heavy atom. The van der Waals surface area contributed by atoms with Gasteiger partial charge in [-0.1, -0.05) is 0 Å². The number of nitrogens with zero attached hydrogens (tertiary/aromatic N) is 4. The summed E-state index contributed by atoms with van der Waals surface area (Å²) in [6, 6.07) is 0. The third-order valence-electron chi connectivity index (χ3n) is 2.42. The van der Waals surface area contributed by atoms with E-state index in [2.05, 4.69) is 20.8 Å². The molecule has 1 aliphatic rings. The smallest absolute Gasteiger partial charge is 0.355 e. The molecule has 1 saturated heterocycles. The van der Waals surface area contributed by atoms with Gasteiger partial charge in [-0.3, -0.25) is 15.5 Å². The SMILES string of the molecule is NNc1ncnc(NN2CCOCC2)c1[N+](=O)[O-]. The topological polar surface area (TPSA) is 131 Å². The first kappa shape index (κ1) is 12.4. The second-order valence-electron chi connectivity index (χ2n) is 3.53. The zero-order valence-electron chi connectivity index (χ0n) is 9.50. The number of hydrogen-bond donors (Lipinski definition) is 3. The molecule has 0 spiro atoms. The first-order valence-electron chi connectivity index (χ1n) is 5.27. The van der Waals surface area contributed by atoms with E-state index in [-0.39, 0.29) is 17.3 Å². The van der Waals surface area contributed by atoms with Crippen molar-refractivity contribution in [3.63, 3.8) is 0 Å². The number of morpholine rings is 1. The Hall–Kier alpha value is -2.04. The Kier molecular flexibility index (Phi) is 3.82. The van der Waals surface area contributed by atoms with Crippen LogP contribution in [0.5, 0.6) is 0 Å². The molecular formula is C8H13N7O3. The predicted molar refractivity (Wildman–Crippen MR) is 62.5 cm³/mol. The van der Waals surface area contributed by atoms with E-state index in [0.717, 1.165) is 0 Å². The Balaban J connectivity index is 2.23. The maximum absolute atomic E-state index is 11.0. The first-order chi connectivity index (χ1) is 8.72. The molecule has 0 atom stereocenters. The molecule has 1 aromatic heterocycles. The third-order valence-corrected chi connectivity index (χ3v) is 2.42. The minimum Gasteiger partial charge on any atom is -0.379 e. The highest BCUT2D eigenvalue weighted by Crippen LogP contribution is 2.28. The van der Waals surface area contributed by atoms with E-state index in [1.165, 1.54) is 6.33 Å². The van der Waals surface area contributed by atoms with Gasteiger partial charge in [-0.05, 0) is 0 Å². The summed E-state index contributed by atoms with van der Waals surface area (Å²) in [6.45, 7) is 2.36. The minimum absolute atomic E-state index is 0.0363. The Morgan fingerprint density at radius 3 is 2.67 bits per heavy atom. The van der Waals surface area contributed by atoms with E-state index in [1.54, 1.807) is 5.01 Å². The van der Waals surface area contributed by atoms with Crippen LogP contribution in [0.4, 0.5) is 17.3 Å². The van der Waals surface area contributed by atoms with Crippen LogP contribution in [0.15, 0.2) is 6.33 Å². The lowest BCUT2D eigenvalue weighted by Crippen LogP contribution is -2.40. The molecule has 1 aromatic rings. The van der Waals surface area contributed by atoms with Crippen LogP contribution in [-0.2, 0) is 4.74 Å². The summed E-state index contributed by atoms with van der Waals surface area (Å²) in [5, 5.41) is 12.8. The standard InChI is InChI=1S/C8H13N7O3/c9-12-7-6(15(16)17)8(11-5-10-7)13-14-1-3-18-4-2-14/h5H,1-4,9H2,(H2,10,11,12,13). The second kappa shape index (κ2) is 5.53. The van der Waals surface area contributed by atoms with Crippen molar-refractivity contribution >= 4 is 17.3 Å². The van der Waals surface area contributed by atoms with Crippen LogP contribution in [0, 0.1) is 10.1 Å². The molecule has 0 amide bonds. The number of hydrazine groups is 2. The number of ether oxygens (including phenoxy) is 1. The molecule has 0 aromatic carbocycles. The number of nitrogens with two attached hydrogens (primary N) is 1. The summed E-state index contributed by atoms with van der Waals surface area (Å²) in [6.07, 6.45) is 1.20. The highest BCUT2D eigenvalue weighted by atomic mass is 16.6. The van der Waals surface area contributed by atoms with Gasteiger partial charge in [0.1, 0.15) is 6.33 Å². The van der Waals surface area contributed by atoms with E-state index in [4.69, 9.17) is 10.6 Å². The fourth-order valence-corrected chi connectivity index (χ4v) is 1.56. The molecule has 1 aliphatic heterocycles. The first-order valence-corrected chi connectivity index (χ1v) is 5.27. The van der Waals surface area contributed by atoms with E-state index in [1.807, 2.05) is 0 Å². The van der Waals surface area contributed by atoms with Gasteiger partial charge < -0.3 is 10.2 Å². The van der Waals surface area contributed by atoms with Gasteiger partial charge in [0.15, 0.2) is 0 Å². The fourth-order valence-electron chi connectivity index (χ4n) is 1.56. The number of anilines is 2. The van der Waals surface area contributed by atoms with Gasteiger partial charge in [0, 0.05) is 13.1 Å². The van der Waals surface area contributed by atoms with Gasteiger partial charge in [-0.2, -0.15) is 0 Å². The van der Waals surface area contributed by atoms with Crippen LogP contribution < -0.4 is 16.7 Å². The molecule has 10 heteroatoms. The fraction of sp³-hybridized carbons (Fsp3) is 0.500. The van der Waals surface area contributed by atoms with E-state index in [0.29, 0.717) is 26.3 Å². The Bertz CT molecular complexity index is 435. The second-order valence-corrected chi connectivity index (χ2v) is 3.53. The molecule has 10 nitrogen and oxygen atoms in total. The minimum atomic E-state index is -0.585. The molecule has 0 radical (unpaired) electrons. The monoisotopic (exact) mass is 255 g/mol. The van der Waals surface area contributed by atoms with Crippen LogP contribution in [0.1, 0.15) is 0 Å². The summed E-state index contributed by atoms with van der Waals surface area (Å²) >= 11 is 0. The van der Waals surface area contributed by atoms with E-state index < -0.39 is 4.92 Å². The van der Waals surface area contributed by atoms with Gasteiger partial charge in [-0.15, -0.1) is 0 Å². The number of nitrogens with one attached hydrogen (secondary N) is 2. The average Bonchev–Trinajstić information content (AvgIpc) is 2.39. The van der Waals surface area contributed by atoms with Crippen molar-refractivity contribution in [1.82, 2.24) is 15.0 Å². The molecule has 1 fully saturated rings. The zero-order chi connectivity index (χ0) is 13.0. The van der Waals surface area contributed by atoms with Crippen LogP contribution in [0.2, 0.25) is 0 Å². The molecular weight excluding hydrogens is 242 g/mol. The number of aromatic nitrogens is 2. The van der Waals surface area contributed by atoms with Crippen LogP contribution >= 0.6 is 0 Å². The quantitative estimate of drug-likeness (QED) is 0.364. The molecule has 18 heavy (non-hydrogen) atoms. The molecule has 2 heterocycles. The van der Waals surface area contributed by atoms with Gasteiger partial charge >= 0.3 is 5.69 Å². The molecule has 98 valence electrons. The molecule has 0 saturated carbocycles.